The standard InChI is InChI=1S/C15H17N5OS/c1-10(21)12-4-6-19(8-12)15-18-20-9-13(17-14(20)22-15)11-3-2-5-16-7-11/h2-3,5,7,9-10,12,21H,4,6,8H2,1H3. The van der Waals surface area contributed by atoms with Crippen molar-refractivity contribution in [2.45, 2.75) is 19.4 Å². The van der Waals surface area contributed by atoms with Gasteiger partial charge in [-0.15, -0.1) is 5.10 Å². The van der Waals surface area contributed by atoms with Gasteiger partial charge in [-0.05, 0) is 25.5 Å². The number of anilines is 1. The molecule has 0 aliphatic carbocycles. The van der Waals surface area contributed by atoms with Crippen LogP contribution in [0.1, 0.15) is 13.3 Å². The molecule has 3 aromatic rings. The van der Waals surface area contributed by atoms with Crippen LogP contribution in [0.3, 0.4) is 0 Å². The lowest BCUT2D eigenvalue weighted by molar-refractivity contribution is 0.136. The highest BCUT2D eigenvalue weighted by atomic mass is 32.1. The van der Waals surface area contributed by atoms with Crippen molar-refractivity contribution < 1.29 is 5.11 Å². The van der Waals surface area contributed by atoms with Gasteiger partial charge in [0.1, 0.15) is 0 Å². The summed E-state index contributed by atoms with van der Waals surface area (Å²) >= 11 is 1.59. The van der Waals surface area contributed by atoms with Crippen molar-refractivity contribution in [1.82, 2.24) is 19.6 Å². The van der Waals surface area contributed by atoms with Crippen LogP contribution in [0, 0.1) is 5.92 Å². The van der Waals surface area contributed by atoms with E-state index in [1.165, 1.54) is 0 Å². The molecule has 22 heavy (non-hydrogen) atoms. The van der Waals surface area contributed by atoms with Gasteiger partial charge in [-0.2, -0.15) is 0 Å². The highest BCUT2D eigenvalue weighted by molar-refractivity contribution is 7.20. The van der Waals surface area contributed by atoms with Crippen LogP contribution in [-0.2, 0) is 0 Å². The quantitative estimate of drug-likeness (QED) is 0.801. The maximum atomic E-state index is 9.71. The number of fused-ring (bicyclic) bond motifs is 1. The third kappa shape index (κ3) is 2.36. The van der Waals surface area contributed by atoms with Gasteiger partial charge in [-0.1, -0.05) is 11.3 Å². The van der Waals surface area contributed by atoms with Gasteiger partial charge in [0.15, 0.2) is 0 Å². The number of aromatic nitrogens is 4. The normalized spacial score (nSPS) is 19.9. The lowest BCUT2D eigenvalue weighted by atomic mass is 10.0. The molecule has 1 aliphatic heterocycles. The second-order valence-electron chi connectivity index (χ2n) is 5.71. The average Bonchev–Trinajstić information content (AvgIpc) is 3.21. The van der Waals surface area contributed by atoms with E-state index in [1.54, 1.807) is 23.7 Å². The number of aliphatic hydroxyl groups is 1. The van der Waals surface area contributed by atoms with Gasteiger partial charge in [-0.25, -0.2) is 9.50 Å². The summed E-state index contributed by atoms with van der Waals surface area (Å²) in [6, 6.07) is 3.90. The third-order valence-corrected chi connectivity index (χ3v) is 5.15. The topological polar surface area (TPSA) is 66.5 Å². The van der Waals surface area contributed by atoms with Crippen molar-refractivity contribution in [3.8, 4) is 11.3 Å². The Morgan fingerprint density at radius 3 is 3.05 bits per heavy atom. The van der Waals surface area contributed by atoms with Gasteiger partial charge in [-0.3, -0.25) is 4.98 Å². The van der Waals surface area contributed by atoms with Gasteiger partial charge in [0.25, 0.3) is 0 Å². The average molecular weight is 315 g/mol. The molecule has 0 aromatic carbocycles. The minimum absolute atomic E-state index is 0.258. The largest absolute Gasteiger partial charge is 0.393 e. The smallest absolute Gasteiger partial charge is 0.214 e. The van der Waals surface area contributed by atoms with E-state index in [2.05, 4.69) is 20.0 Å². The molecular formula is C15H17N5OS. The zero-order valence-electron chi connectivity index (χ0n) is 12.3. The van der Waals surface area contributed by atoms with Crippen LogP contribution in [0.4, 0.5) is 5.13 Å². The number of aliphatic hydroxyl groups excluding tert-OH is 1. The lowest BCUT2D eigenvalue weighted by Crippen LogP contribution is -2.23. The molecule has 4 heterocycles. The van der Waals surface area contributed by atoms with Crippen molar-refractivity contribution in [3.05, 3.63) is 30.7 Å². The van der Waals surface area contributed by atoms with E-state index in [-0.39, 0.29) is 6.10 Å². The van der Waals surface area contributed by atoms with Gasteiger partial charge >= 0.3 is 0 Å². The summed E-state index contributed by atoms with van der Waals surface area (Å²) in [4.78, 5) is 11.9. The number of rotatable bonds is 3. The van der Waals surface area contributed by atoms with Crippen LogP contribution in [0.2, 0.25) is 0 Å². The van der Waals surface area contributed by atoms with Crippen molar-refractivity contribution in [3.63, 3.8) is 0 Å². The molecule has 1 saturated heterocycles. The summed E-state index contributed by atoms with van der Waals surface area (Å²) < 4.78 is 1.83. The van der Waals surface area contributed by atoms with Crippen LogP contribution in [-0.4, -0.2) is 43.9 Å². The lowest BCUT2D eigenvalue weighted by Gasteiger charge is -2.15. The molecule has 3 aromatic heterocycles. The van der Waals surface area contributed by atoms with E-state index in [4.69, 9.17) is 0 Å². The van der Waals surface area contributed by atoms with E-state index >= 15 is 0 Å². The van der Waals surface area contributed by atoms with Crippen LogP contribution in [0.15, 0.2) is 30.7 Å². The predicted molar refractivity (Wildman–Crippen MR) is 86.1 cm³/mol. The Morgan fingerprint density at radius 1 is 1.45 bits per heavy atom. The van der Waals surface area contributed by atoms with Crippen molar-refractivity contribution in [2.24, 2.45) is 5.92 Å². The second-order valence-corrected chi connectivity index (χ2v) is 6.65. The summed E-state index contributed by atoms with van der Waals surface area (Å²) in [6.45, 7) is 3.68. The minimum atomic E-state index is -0.258. The molecule has 6 nitrogen and oxygen atoms in total. The monoisotopic (exact) mass is 315 g/mol. The molecule has 4 rings (SSSR count). The number of hydrogen-bond donors (Lipinski definition) is 1. The summed E-state index contributed by atoms with van der Waals surface area (Å²) in [5.74, 6) is 0.335. The summed E-state index contributed by atoms with van der Waals surface area (Å²) in [6.07, 6.45) is 6.26. The van der Waals surface area contributed by atoms with Crippen LogP contribution >= 0.6 is 11.3 Å². The van der Waals surface area contributed by atoms with E-state index in [9.17, 15) is 5.11 Å². The molecule has 1 fully saturated rings. The first-order valence-corrected chi connectivity index (χ1v) is 8.22. The highest BCUT2D eigenvalue weighted by Crippen LogP contribution is 2.30. The molecule has 0 bridgehead atoms. The Balaban J connectivity index is 1.59. The Morgan fingerprint density at radius 2 is 2.36 bits per heavy atom. The first-order chi connectivity index (χ1) is 10.7. The first-order valence-electron chi connectivity index (χ1n) is 7.40. The van der Waals surface area contributed by atoms with Gasteiger partial charge in [0, 0.05) is 37.0 Å². The van der Waals surface area contributed by atoms with Crippen LogP contribution in [0.5, 0.6) is 0 Å². The summed E-state index contributed by atoms with van der Waals surface area (Å²) in [5.41, 5.74) is 1.89. The molecule has 0 spiro atoms. The Hall–Kier alpha value is -1.99. The minimum Gasteiger partial charge on any atom is -0.393 e. The molecule has 2 unspecified atom stereocenters. The van der Waals surface area contributed by atoms with E-state index < -0.39 is 0 Å². The molecule has 1 N–H and O–H groups in total. The molecular weight excluding hydrogens is 298 g/mol. The second kappa shape index (κ2) is 5.33. The zero-order valence-corrected chi connectivity index (χ0v) is 13.1. The van der Waals surface area contributed by atoms with Gasteiger partial charge in [0.2, 0.25) is 10.1 Å². The molecule has 114 valence electrons. The molecule has 2 atom stereocenters. The van der Waals surface area contributed by atoms with Crippen LogP contribution in [0.25, 0.3) is 16.2 Å². The Labute approximate surface area is 132 Å². The molecule has 0 saturated carbocycles. The Bertz CT molecular complexity index is 750. The molecule has 0 radical (unpaired) electrons. The van der Waals surface area contributed by atoms with Crippen molar-refractivity contribution >= 4 is 21.4 Å². The number of imidazole rings is 1. The van der Waals surface area contributed by atoms with Crippen LogP contribution < -0.4 is 4.90 Å². The van der Waals surface area contributed by atoms with E-state index in [0.717, 1.165) is 40.9 Å². The van der Waals surface area contributed by atoms with E-state index in [1.807, 2.05) is 29.8 Å². The number of pyridine rings is 1. The highest BCUT2D eigenvalue weighted by Gasteiger charge is 2.28. The summed E-state index contributed by atoms with van der Waals surface area (Å²) in [5, 5.41) is 15.3. The fourth-order valence-corrected chi connectivity index (χ4v) is 3.74. The fourth-order valence-electron chi connectivity index (χ4n) is 2.83. The predicted octanol–water partition coefficient (Wildman–Crippen LogP) is 2.06. The molecule has 1 aliphatic rings. The van der Waals surface area contributed by atoms with E-state index in [0.29, 0.717) is 5.92 Å². The van der Waals surface area contributed by atoms with Gasteiger partial charge in [0.05, 0.1) is 18.0 Å². The number of nitrogens with zero attached hydrogens (tertiary/aromatic N) is 5. The fraction of sp³-hybridized carbons (Fsp3) is 0.400. The van der Waals surface area contributed by atoms with Crippen molar-refractivity contribution in [2.75, 3.05) is 18.0 Å². The molecule has 0 amide bonds. The maximum absolute atomic E-state index is 9.71. The summed E-state index contributed by atoms with van der Waals surface area (Å²) in [7, 11) is 0. The number of hydrogen-bond acceptors (Lipinski definition) is 6. The maximum Gasteiger partial charge on any atom is 0.214 e. The Kier molecular flexibility index (Phi) is 3.31. The van der Waals surface area contributed by atoms with Crippen molar-refractivity contribution in [1.29, 1.82) is 0 Å². The zero-order chi connectivity index (χ0) is 15.1. The van der Waals surface area contributed by atoms with Gasteiger partial charge < -0.3 is 10.0 Å². The molecule has 7 heteroatoms. The SMILES string of the molecule is CC(O)C1CCN(c2nn3cc(-c4cccnc4)nc3s2)C1. The third-order valence-electron chi connectivity index (χ3n) is 4.17. The first kappa shape index (κ1) is 13.7.